The average Bonchev–Trinajstić information content (AvgIpc) is 2.54. The van der Waals surface area contributed by atoms with Gasteiger partial charge in [0.15, 0.2) is 0 Å². The van der Waals surface area contributed by atoms with E-state index in [1.165, 1.54) is 12.0 Å². The van der Waals surface area contributed by atoms with Gasteiger partial charge in [-0.1, -0.05) is 0 Å². The van der Waals surface area contributed by atoms with Crippen molar-refractivity contribution in [3.8, 4) is 0 Å². The Labute approximate surface area is 131 Å². The van der Waals surface area contributed by atoms with Gasteiger partial charge in [-0.05, 0) is 6.07 Å². The van der Waals surface area contributed by atoms with E-state index in [0.717, 1.165) is 18.2 Å². The van der Waals surface area contributed by atoms with Crippen molar-refractivity contribution in [2.75, 3.05) is 33.4 Å². The van der Waals surface area contributed by atoms with Gasteiger partial charge in [0.2, 0.25) is 0 Å². The van der Waals surface area contributed by atoms with E-state index >= 15 is 0 Å². The lowest BCUT2D eigenvalue weighted by molar-refractivity contribution is -0.384. The van der Waals surface area contributed by atoms with E-state index in [9.17, 15) is 19.7 Å². The first-order valence-corrected chi connectivity index (χ1v) is 6.85. The van der Waals surface area contributed by atoms with Crippen molar-refractivity contribution in [2.24, 2.45) is 0 Å². The number of nitrogens with zero attached hydrogens (tertiary/aromatic N) is 2. The summed E-state index contributed by atoms with van der Waals surface area (Å²) in [4.78, 5) is 35.3. The number of aromatic carboxylic acids is 1. The number of amides is 1. The Bertz CT molecular complexity index is 597. The van der Waals surface area contributed by atoms with Gasteiger partial charge in [0, 0.05) is 37.9 Å². The summed E-state index contributed by atoms with van der Waals surface area (Å²) in [5.41, 5.74) is -0.770. The molecule has 124 valence electrons. The van der Waals surface area contributed by atoms with Crippen molar-refractivity contribution in [1.29, 1.82) is 0 Å². The molecule has 1 amide bonds. The van der Waals surface area contributed by atoms with Crippen LogP contribution in [0.2, 0.25) is 0 Å². The molecule has 9 nitrogen and oxygen atoms in total. The van der Waals surface area contributed by atoms with E-state index < -0.39 is 22.5 Å². The van der Waals surface area contributed by atoms with Gasteiger partial charge >= 0.3 is 5.97 Å². The van der Waals surface area contributed by atoms with Gasteiger partial charge < -0.3 is 19.5 Å². The number of carboxylic acid groups (broad SMARTS) is 1. The summed E-state index contributed by atoms with van der Waals surface area (Å²) in [5, 5.41) is 20.0. The number of carboxylic acids is 1. The van der Waals surface area contributed by atoms with E-state index in [1.807, 2.05) is 0 Å². The Hall–Kier alpha value is -2.52. The normalized spacial score (nSPS) is 17.8. The minimum Gasteiger partial charge on any atom is -0.478 e. The van der Waals surface area contributed by atoms with Crippen molar-refractivity contribution >= 4 is 17.6 Å². The monoisotopic (exact) mass is 324 g/mol. The third-order valence-electron chi connectivity index (χ3n) is 3.40. The lowest BCUT2D eigenvalue weighted by Gasteiger charge is -2.32. The molecular weight excluding hydrogens is 308 g/mol. The van der Waals surface area contributed by atoms with E-state index in [4.69, 9.17) is 14.6 Å². The largest absolute Gasteiger partial charge is 0.478 e. The van der Waals surface area contributed by atoms with Crippen LogP contribution in [0.15, 0.2) is 18.2 Å². The molecule has 1 aliphatic rings. The molecule has 2 rings (SSSR count). The van der Waals surface area contributed by atoms with Crippen molar-refractivity contribution < 1.29 is 29.1 Å². The number of rotatable bonds is 5. The van der Waals surface area contributed by atoms with Gasteiger partial charge in [0.1, 0.15) is 0 Å². The third-order valence-corrected chi connectivity index (χ3v) is 3.40. The van der Waals surface area contributed by atoms with Crippen LogP contribution in [0.5, 0.6) is 0 Å². The van der Waals surface area contributed by atoms with Crippen LogP contribution < -0.4 is 0 Å². The van der Waals surface area contributed by atoms with Crippen molar-refractivity contribution in [3.05, 3.63) is 39.4 Å². The summed E-state index contributed by atoms with van der Waals surface area (Å²) < 4.78 is 10.4. The molecule has 1 aromatic rings. The number of ether oxygens (including phenoxy) is 2. The molecule has 0 aliphatic carbocycles. The average molecular weight is 324 g/mol. The van der Waals surface area contributed by atoms with Gasteiger partial charge in [0.25, 0.3) is 11.6 Å². The number of carbonyl (C=O) groups excluding carboxylic acids is 1. The second-order valence-electron chi connectivity index (χ2n) is 5.03. The molecule has 1 heterocycles. The maximum atomic E-state index is 12.5. The number of methoxy groups -OCH3 is 1. The van der Waals surface area contributed by atoms with Crippen LogP contribution in [0.3, 0.4) is 0 Å². The topological polar surface area (TPSA) is 119 Å². The minimum absolute atomic E-state index is 0.0327. The van der Waals surface area contributed by atoms with Gasteiger partial charge in [-0.25, -0.2) is 4.79 Å². The van der Waals surface area contributed by atoms with Crippen LogP contribution in [0.1, 0.15) is 20.7 Å². The van der Waals surface area contributed by atoms with E-state index in [0.29, 0.717) is 19.8 Å². The highest BCUT2D eigenvalue weighted by Crippen LogP contribution is 2.20. The zero-order chi connectivity index (χ0) is 17.0. The fourth-order valence-electron chi connectivity index (χ4n) is 2.34. The second kappa shape index (κ2) is 7.16. The van der Waals surface area contributed by atoms with Gasteiger partial charge in [-0.15, -0.1) is 0 Å². The number of morpholine rings is 1. The Morgan fingerprint density at radius 2 is 2.13 bits per heavy atom. The van der Waals surface area contributed by atoms with Crippen LogP contribution >= 0.6 is 0 Å². The van der Waals surface area contributed by atoms with Gasteiger partial charge in [0.05, 0.1) is 29.8 Å². The molecule has 9 heteroatoms. The summed E-state index contributed by atoms with van der Waals surface area (Å²) in [6.07, 6.45) is -0.282. The molecule has 1 saturated heterocycles. The van der Waals surface area contributed by atoms with E-state index in [1.54, 1.807) is 0 Å². The molecular formula is C14H16N2O7. The van der Waals surface area contributed by atoms with Crippen molar-refractivity contribution in [2.45, 2.75) is 6.10 Å². The molecule has 1 atom stereocenters. The molecule has 0 spiro atoms. The number of nitro groups is 1. The lowest BCUT2D eigenvalue weighted by atomic mass is 10.1. The number of hydrogen-bond acceptors (Lipinski definition) is 6. The Kier molecular flexibility index (Phi) is 5.24. The number of nitro benzene ring substituents is 1. The SMILES string of the molecule is COCC1CN(C(=O)c2cc(C(=O)O)cc([N+](=O)[O-])c2)CCO1. The van der Waals surface area contributed by atoms with Gasteiger partial charge in [-0.2, -0.15) is 0 Å². The number of non-ortho nitro benzene ring substituents is 1. The highest BCUT2D eigenvalue weighted by molar-refractivity contribution is 5.98. The van der Waals surface area contributed by atoms with Crippen LogP contribution in [0.4, 0.5) is 5.69 Å². The highest BCUT2D eigenvalue weighted by atomic mass is 16.6. The molecule has 0 saturated carbocycles. The lowest BCUT2D eigenvalue weighted by Crippen LogP contribution is -2.47. The fourth-order valence-corrected chi connectivity index (χ4v) is 2.34. The summed E-state index contributed by atoms with van der Waals surface area (Å²) in [5.74, 6) is -1.80. The first kappa shape index (κ1) is 16.8. The summed E-state index contributed by atoms with van der Waals surface area (Å²) in [7, 11) is 1.52. The quantitative estimate of drug-likeness (QED) is 0.628. The predicted molar refractivity (Wildman–Crippen MR) is 77.6 cm³/mol. The van der Waals surface area contributed by atoms with Crippen LogP contribution in [-0.4, -0.2) is 66.3 Å². The van der Waals surface area contributed by atoms with Crippen LogP contribution in [0, 0.1) is 10.1 Å². The first-order valence-electron chi connectivity index (χ1n) is 6.85. The van der Waals surface area contributed by atoms with Crippen LogP contribution in [0.25, 0.3) is 0 Å². The fraction of sp³-hybridized carbons (Fsp3) is 0.429. The van der Waals surface area contributed by atoms with E-state index in [-0.39, 0.29) is 23.8 Å². The number of hydrogen-bond donors (Lipinski definition) is 1. The molecule has 0 radical (unpaired) electrons. The van der Waals surface area contributed by atoms with Crippen molar-refractivity contribution in [3.63, 3.8) is 0 Å². The Morgan fingerprint density at radius 1 is 1.43 bits per heavy atom. The zero-order valence-corrected chi connectivity index (χ0v) is 12.4. The molecule has 1 aromatic carbocycles. The molecule has 1 aliphatic heterocycles. The maximum absolute atomic E-state index is 12.5. The number of carbonyl (C=O) groups is 2. The van der Waals surface area contributed by atoms with E-state index in [2.05, 4.69) is 0 Å². The molecule has 0 aromatic heterocycles. The second-order valence-corrected chi connectivity index (χ2v) is 5.03. The highest BCUT2D eigenvalue weighted by Gasteiger charge is 2.27. The molecule has 0 bridgehead atoms. The smallest absolute Gasteiger partial charge is 0.335 e. The Balaban J connectivity index is 2.27. The molecule has 1 fully saturated rings. The first-order chi connectivity index (χ1) is 10.9. The zero-order valence-electron chi connectivity index (χ0n) is 12.4. The molecule has 1 unspecified atom stereocenters. The summed E-state index contributed by atoms with van der Waals surface area (Å²) in [6, 6.07) is 3.14. The third kappa shape index (κ3) is 4.02. The number of benzene rings is 1. The summed E-state index contributed by atoms with van der Waals surface area (Å²) in [6.45, 7) is 1.24. The predicted octanol–water partition coefficient (Wildman–Crippen LogP) is 0.780. The maximum Gasteiger partial charge on any atom is 0.335 e. The summed E-state index contributed by atoms with van der Waals surface area (Å²) >= 11 is 0. The van der Waals surface area contributed by atoms with Crippen LogP contribution in [-0.2, 0) is 9.47 Å². The van der Waals surface area contributed by atoms with Crippen molar-refractivity contribution in [1.82, 2.24) is 4.90 Å². The minimum atomic E-state index is -1.33. The molecule has 1 N–H and O–H groups in total. The Morgan fingerprint density at radius 3 is 2.74 bits per heavy atom. The standard InChI is InChI=1S/C14H16N2O7/c1-22-8-12-7-15(2-3-23-12)13(17)9-4-10(14(18)19)6-11(5-9)16(20)21/h4-6,12H,2-3,7-8H2,1H3,(H,18,19). The molecule has 23 heavy (non-hydrogen) atoms. The van der Waals surface area contributed by atoms with Gasteiger partial charge in [-0.3, -0.25) is 14.9 Å².